The second-order valence-corrected chi connectivity index (χ2v) is 10.1. The number of halogens is 4. The average Bonchev–Trinajstić information content (AvgIpc) is 2.94. The van der Waals surface area contributed by atoms with Crippen LogP contribution in [0.4, 0.5) is 11.4 Å². The summed E-state index contributed by atoms with van der Waals surface area (Å²) in [6.07, 6.45) is 7.11. The van der Waals surface area contributed by atoms with E-state index in [1.165, 1.54) is 0 Å². The molecular weight excluding hydrogens is 847 g/mol. The van der Waals surface area contributed by atoms with Gasteiger partial charge in [-0.2, -0.15) is 0 Å². The molecule has 0 aliphatic rings. The molecule has 0 amide bonds. The van der Waals surface area contributed by atoms with Gasteiger partial charge < -0.3 is 54.7 Å². The molecule has 46 heavy (non-hydrogen) atoms. The number of nitrogens with zero attached hydrogens (tertiary/aromatic N) is 4. The van der Waals surface area contributed by atoms with E-state index in [0.717, 1.165) is 72.8 Å². The van der Waals surface area contributed by atoms with Crippen LogP contribution >= 0.6 is 0 Å². The molecule has 0 atom stereocenters. The molecule has 0 bridgehead atoms. The maximum atomic E-state index is 10.8. The van der Waals surface area contributed by atoms with Gasteiger partial charge in [-0.3, -0.25) is 20.0 Å². The molecule has 0 spiro atoms. The van der Waals surface area contributed by atoms with Crippen molar-refractivity contribution in [2.45, 2.75) is 34.6 Å². The van der Waals surface area contributed by atoms with Crippen LogP contribution in [0.2, 0.25) is 0 Å². The van der Waals surface area contributed by atoms with Gasteiger partial charge in [0.15, 0.2) is 0 Å². The monoisotopic (exact) mass is 876 g/mol. The Balaban J connectivity index is 0. The Kier molecular flexibility index (Phi) is 20.6. The van der Waals surface area contributed by atoms with Crippen LogP contribution in [0.25, 0.3) is 22.3 Å². The first-order valence-electron chi connectivity index (χ1n) is 13.3. The zero-order valence-corrected chi connectivity index (χ0v) is 31.8. The summed E-state index contributed by atoms with van der Waals surface area (Å²) < 4.78 is 0. The third-order valence-electron chi connectivity index (χ3n) is 7.02. The molecule has 11 heteroatoms. The Morgan fingerprint density at radius 2 is 0.891 bits per heavy atom. The smallest absolute Gasteiger partial charge is 1.00 e. The molecule has 5 rings (SSSR count). The summed E-state index contributed by atoms with van der Waals surface area (Å²) in [7, 11) is 0. The van der Waals surface area contributed by atoms with Crippen molar-refractivity contribution in [3.8, 4) is 28.0 Å². The van der Waals surface area contributed by atoms with Crippen LogP contribution in [0, 0.1) is 34.6 Å². The topological polar surface area (TPSA) is 70.7 Å². The Morgan fingerprint density at radius 3 is 1.20 bits per heavy atom. The van der Waals surface area contributed by atoms with Crippen LogP contribution in [0.15, 0.2) is 95.2 Å². The molecule has 3 aromatic carbocycles. The van der Waals surface area contributed by atoms with Gasteiger partial charge in [0.2, 0.25) is 0 Å². The quantitative estimate of drug-likeness (QED) is 0.143. The molecule has 5 aromatic rings. The van der Waals surface area contributed by atoms with Crippen molar-refractivity contribution >= 4 is 23.8 Å². The number of aromatic hydroxyl groups is 1. The molecule has 2 heterocycles. The summed E-state index contributed by atoms with van der Waals surface area (Å²) in [6, 6.07) is 23.8. The SMILES string of the molecule is Cc1cc(-c2cc(O)cc(-c3cc(C)c(N=Cc4ccccn4)c(C)c3)c2C)cc(C)c1N=Cc1ccccn1.[Cl-].[Cl-].[Cl-].[Cl-].[Pd+2].[Pd+2]. The molecule has 1 N–H and O–H groups in total. The van der Waals surface area contributed by atoms with Crippen LogP contribution in [0.1, 0.15) is 39.2 Å². The first-order chi connectivity index (χ1) is 19.3. The van der Waals surface area contributed by atoms with Gasteiger partial charge in [-0.15, -0.1) is 0 Å². The summed E-state index contributed by atoms with van der Waals surface area (Å²) >= 11 is 0. The van der Waals surface area contributed by atoms with Crippen molar-refractivity contribution in [1.82, 2.24) is 9.97 Å². The third-order valence-corrected chi connectivity index (χ3v) is 7.02. The molecule has 0 aliphatic heterocycles. The van der Waals surface area contributed by atoms with Gasteiger partial charge in [-0.25, -0.2) is 0 Å². The molecule has 0 saturated heterocycles. The normalized spacial score (nSPS) is 10.0. The maximum Gasteiger partial charge on any atom is 2.00 e. The van der Waals surface area contributed by atoms with Crippen molar-refractivity contribution in [2.75, 3.05) is 0 Å². The summed E-state index contributed by atoms with van der Waals surface area (Å²) in [6.45, 7) is 10.4. The van der Waals surface area contributed by atoms with Gasteiger partial charge in [-0.05, 0) is 145 Å². The fourth-order valence-electron chi connectivity index (χ4n) is 5.09. The van der Waals surface area contributed by atoms with Gasteiger partial charge in [-0.1, -0.05) is 12.1 Å². The number of aliphatic imine (C=N–C) groups is 2. The fraction of sp³-hybridized carbons (Fsp3) is 0.143. The van der Waals surface area contributed by atoms with E-state index >= 15 is 0 Å². The van der Waals surface area contributed by atoms with Crippen molar-refractivity contribution in [3.05, 3.63) is 124 Å². The Bertz CT molecular complexity index is 1600. The van der Waals surface area contributed by atoms with E-state index < -0.39 is 0 Å². The summed E-state index contributed by atoms with van der Waals surface area (Å²) in [5, 5.41) is 10.8. The van der Waals surface area contributed by atoms with E-state index in [2.05, 4.69) is 68.9 Å². The van der Waals surface area contributed by atoms with Crippen LogP contribution in [-0.4, -0.2) is 27.5 Å². The van der Waals surface area contributed by atoms with E-state index in [0.29, 0.717) is 0 Å². The number of aromatic nitrogens is 2. The summed E-state index contributed by atoms with van der Waals surface area (Å²) in [5.41, 5.74) is 12.9. The summed E-state index contributed by atoms with van der Waals surface area (Å²) in [4.78, 5) is 18.1. The van der Waals surface area contributed by atoms with E-state index in [-0.39, 0.29) is 96.2 Å². The molecule has 2 aromatic heterocycles. The van der Waals surface area contributed by atoms with Gasteiger partial charge in [0.05, 0.1) is 35.2 Å². The summed E-state index contributed by atoms with van der Waals surface area (Å²) in [5.74, 6) is 0.232. The predicted octanol–water partition coefficient (Wildman–Crippen LogP) is -3.43. The molecule has 5 nitrogen and oxygen atoms in total. The third kappa shape index (κ3) is 10.8. The van der Waals surface area contributed by atoms with E-state index in [4.69, 9.17) is 9.98 Å². The number of hydrogen-bond acceptors (Lipinski definition) is 5. The van der Waals surface area contributed by atoms with Gasteiger partial charge in [0.1, 0.15) is 5.75 Å². The molecular formula is C35H32Cl4N4OPd2. The minimum atomic E-state index is 0. The van der Waals surface area contributed by atoms with Gasteiger partial charge in [0.25, 0.3) is 0 Å². The molecule has 0 saturated carbocycles. The first kappa shape index (κ1) is 45.7. The molecule has 0 aliphatic carbocycles. The number of benzene rings is 3. The van der Waals surface area contributed by atoms with Crippen LogP contribution < -0.4 is 49.6 Å². The number of phenols is 1. The minimum Gasteiger partial charge on any atom is -1.00 e. The Labute approximate surface area is 323 Å². The molecule has 0 unspecified atom stereocenters. The second-order valence-electron chi connectivity index (χ2n) is 10.1. The van der Waals surface area contributed by atoms with Crippen molar-refractivity contribution in [2.24, 2.45) is 9.98 Å². The minimum absolute atomic E-state index is 0. The average molecular weight is 879 g/mol. The largest absolute Gasteiger partial charge is 2.00 e. The second kappa shape index (κ2) is 20.7. The zero-order chi connectivity index (χ0) is 28.2. The number of aryl methyl sites for hydroxylation is 4. The van der Waals surface area contributed by atoms with E-state index in [1.54, 1.807) is 24.8 Å². The van der Waals surface area contributed by atoms with Crippen molar-refractivity contribution in [3.63, 3.8) is 0 Å². The van der Waals surface area contributed by atoms with Crippen LogP contribution in [-0.2, 0) is 40.8 Å². The number of phenolic OH excluding ortho intramolecular Hbond substituents is 1. The Morgan fingerprint density at radius 1 is 0.543 bits per heavy atom. The Hall–Kier alpha value is -2.42. The predicted molar refractivity (Wildman–Crippen MR) is 166 cm³/mol. The maximum absolute atomic E-state index is 10.8. The standard InChI is InChI=1S/C35H32N4O.4ClH.2Pd/c1-22-14-27(15-23(2)34(22)38-20-29-10-6-8-12-36-29)32-18-31(40)19-33(26(32)5)28-16-24(3)35(25(4)17-28)39-21-30-11-7-9-13-37-30;;;;;;/h6-21,40H,1-5H3;4*1H;;/q;;;;;2*+2/p-4. The van der Waals surface area contributed by atoms with Gasteiger partial charge in [0, 0.05) is 12.4 Å². The van der Waals surface area contributed by atoms with E-state index in [9.17, 15) is 5.11 Å². The zero-order valence-electron chi connectivity index (χ0n) is 25.6. The molecule has 0 radical (unpaired) electrons. The van der Waals surface area contributed by atoms with Gasteiger partial charge >= 0.3 is 40.8 Å². The van der Waals surface area contributed by atoms with Crippen LogP contribution in [0.3, 0.4) is 0 Å². The molecule has 0 fully saturated rings. The van der Waals surface area contributed by atoms with Crippen molar-refractivity contribution in [1.29, 1.82) is 0 Å². The first-order valence-corrected chi connectivity index (χ1v) is 13.3. The van der Waals surface area contributed by atoms with Crippen LogP contribution in [0.5, 0.6) is 5.75 Å². The fourth-order valence-corrected chi connectivity index (χ4v) is 5.09. The van der Waals surface area contributed by atoms with Crippen molar-refractivity contribution < 1.29 is 95.6 Å². The number of pyridine rings is 2. The number of hydrogen-bond donors (Lipinski definition) is 1. The van der Waals surface area contributed by atoms with E-state index in [1.807, 2.05) is 48.5 Å². The number of rotatable bonds is 6. The molecule has 246 valence electrons.